The number of rotatable bonds is 5. The van der Waals surface area contributed by atoms with Crippen LogP contribution in [0.15, 0.2) is 24.3 Å². The van der Waals surface area contributed by atoms with E-state index in [0.29, 0.717) is 16.8 Å². The molecule has 1 saturated carbocycles. The van der Waals surface area contributed by atoms with Crippen molar-refractivity contribution in [2.24, 2.45) is 0 Å². The van der Waals surface area contributed by atoms with Gasteiger partial charge in [0.05, 0.1) is 17.3 Å². The summed E-state index contributed by atoms with van der Waals surface area (Å²) in [6.45, 7) is 2.27. The van der Waals surface area contributed by atoms with Crippen LogP contribution in [0.3, 0.4) is 0 Å². The van der Waals surface area contributed by atoms with Crippen molar-refractivity contribution in [3.63, 3.8) is 0 Å². The van der Waals surface area contributed by atoms with Crippen molar-refractivity contribution in [3.8, 4) is 17.3 Å². The minimum absolute atomic E-state index is 0.106. The smallest absolute Gasteiger partial charge is 0.342 e. The Hall–Kier alpha value is -2.82. The second-order valence-electron chi connectivity index (χ2n) is 6.91. The van der Waals surface area contributed by atoms with Crippen molar-refractivity contribution in [2.45, 2.75) is 44.8 Å². The molecule has 0 bridgehead atoms. The van der Waals surface area contributed by atoms with E-state index in [1.54, 1.807) is 24.3 Å². The number of carbonyl (C=O) groups is 1. The average molecular weight is 376 g/mol. The molecule has 1 heterocycles. The van der Waals surface area contributed by atoms with E-state index in [9.17, 15) is 18.0 Å². The molecule has 0 unspecified atom stereocenters. The Morgan fingerprint density at radius 2 is 1.96 bits per heavy atom. The lowest BCUT2D eigenvalue weighted by atomic mass is 10.0. The predicted molar refractivity (Wildman–Crippen MR) is 93.1 cm³/mol. The molecule has 0 atom stereocenters. The molecule has 1 amide bonds. The van der Waals surface area contributed by atoms with Gasteiger partial charge in [0.15, 0.2) is 0 Å². The zero-order chi connectivity index (χ0) is 19.8. The summed E-state index contributed by atoms with van der Waals surface area (Å²) in [7, 11) is 0. The molecule has 1 fully saturated rings. The zero-order valence-electron chi connectivity index (χ0n) is 15.0. The third-order valence-electron chi connectivity index (χ3n) is 4.37. The van der Waals surface area contributed by atoms with Crippen LogP contribution in [0.2, 0.25) is 0 Å². The van der Waals surface area contributed by atoms with E-state index in [0.717, 1.165) is 18.4 Å². The second kappa shape index (κ2) is 7.06. The number of nitrogens with one attached hydrogen (secondary N) is 1. The van der Waals surface area contributed by atoms with E-state index in [-0.39, 0.29) is 17.7 Å². The number of aromatic nitrogens is 2. The third kappa shape index (κ3) is 4.13. The van der Waals surface area contributed by atoms with E-state index < -0.39 is 18.6 Å². The lowest BCUT2D eigenvalue weighted by molar-refractivity contribution is -0.123. The summed E-state index contributed by atoms with van der Waals surface area (Å²) in [6.07, 6.45) is -2.74. The summed E-state index contributed by atoms with van der Waals surface area (Å²) in [5, 5.41) is 15.5. The minimum Gasteiger partial charge on any atom is -0.342 e. The number of hydrogen-bond acceptors (Lipinski definition) is 3. The fourth-order valence-corrected chi connectivity index (χ4v) is 2.99. The molecule has 0 spiro atoms. The van der Waals surface area contributed by atoms with Crippen molar-refractivity contribution in [3.05, 3.63) is 41.1 Å². The highest BCUT2D eigenvalue weighted by Crippen LogP contribution is 2.46. The average Bonchev–Trinajstić information content (AvgIpc) is 3.38. The van der Waals surface area contributed by atoms with E-state index in [1.165, 1.54) is 4.68 Å². The quantitative estimate of drug-likeness (QED) is 0.851. The topological polar surface area (TPSA) is 70.7 Å². The summed E-state index contributed by atoms with van der Waals surface area (Å²) < 4.78 is 39.1. The molecule has 0 aliphatic heterocycles. The van der Waals surface area contributed by atoms with Crippen molar-refractivity contribution in [1.29, 1.82) is 5.26 Å². The molecule has 1 aliphatic rings. The van der Waals surface area contributed by atoms with Gasteiger partial charge in [-0.15, -0.1) is 0 Å². The molecule has 1 aromatic carbocycles. The summed E-state index contributed by atoms with van der Waals surface area (Å²) in [6, 6.07) is 8.65. The lowest BCUT2D eigenvalue weighted by Crippen LogP contribution is -2.35. The molecular weight excluding hydrogens is 357 g/mol. The summed E-state index contributed by atoms with van der Waals surface area (Å²) in [4.78, 5) is 12.6. The fourth-order valence-electron chi connectivity index (χ4n) is 2.99. The SMILES string of the molecule is CC(C)n1nc(-c2ccc(C#N)cc2)c(C2CC2)c1C(=O)NCC(F)(F)F. The first-order valence-corrected chi connectivity index (χ1v) is 8.69. The highest BCUT2D eigenvalue weighted by atomic mass is 19.4. The first kappa shape index (κ1) is 19.0. The maximum Gasteiger partial charge on any atom is 0.405 e. The van der Waals surface area contributed by atoms with Gasteiger partial charge in [-0.25, -0.2) is 0 Å². The molecule has 8 heteroatoms. The molecule has 2 aromatic rings. The summed E-state index contributed by atoms with van der Waals surface area (Å²) in [5.74, 6) is -0.662. The lowest BCUT2D eigenvalue weighted by Gasteiger charge is -2.13. The Labute approximate surface area is 154 Å². The Morgan fingerprint density at radius 3 is 2.44 bits per heavy atom. The number of carbonyl (C=O) groups excluding carboxylic acids is 1. The van der Waals surface area contributed by atoms with Crippen molar-refractivity contribution < 1.29 is 18.0 Å². The molecule has 142 valence electrons. The number of nitrogens with zero attached hydrogens (tertiary/aromatic N) is 3. The maximum absolute atomic E-state index is 12.6. The standard InChI is InChI=1S/C19H19F3N4O/c1-11(2)26-17(18(27)24-10-19(20,21)22)15(13-7-8-13)16(25-26)14-5-3-12(9-23)4-6-14/h3-6,11,13H,7-8,10H2,1-2H3,(H,24,27). The van der Waals surface area contributed by atoms with E-state index >= 15 is 0 Å². The number of amides is 1. The Bertz CT molecular complexity index is 887. The second-order valence-corrected chi connectivity index (χ2v) is 6.91. The highest BCUT2D eigenvalue weighted by molar-refractivity contribution is 5.96. The van der Waals surface area contributed by atoms with Crippen LogP contribution in [0.5, 0.6) is 0 Å². The maximum atomic E-state index is 12.6. The van der Waals surface area contributed by atoms with Gasteiger partial charge in [0.25, 0.3) is 5.91 Å². The van der Waals surface area contributed by atoms with Gasteiger partial charge in [0.1, 0.15) is 12.2 Å². The molecule has 27 heavy (non-hydrogen) atoms. The first-order chi connectivity index (χ1) is 12.7. The van der Waals surface area contributed by atoms with E-state index in [4.69, 9.17) is 5.26 Å². The van der Waals surface area contributed by atoms with E-state index in [1.807, 2.05) is 25.2 Å². The minimum atomic E-state index is -4.48. The number of nitriles is 1. The number of benzene rings is 1. The van der Waals surface area contributed by atoms with Gasteiger partial charge >= 0.3 is 6.18 Å². The number of alkyl halides is 3. The van der Waals surface area contributed by atoms with Gasteiger partial charge in [-0.05, 0) is 44.7 Å². The van der Waals surface area contributed by atoms with Gasteiger partial charge in [0.2, 0.25) is 0 Å². The Balaban J connectivity index is 2.07. The van der Waals surface area contributed by atoms with Gasteiger partial charge in [-0.2, -0.15) is 23.5 Å². The monoisotopic (exact) mass is 376 g/mol. The van der Waals surface area contributed by atoms with Crippen LogP contribution in [0, 0.1) is 11.3 Å². The normalized spacial score (nSPS) is 14.3. The summed E-state index contributed by atoms with van der Waals surface area (Å²) in [5.41, 5.74) is 2.70. The van der Waals surface area contributed by atoms with Crippen LogP contribution >= 0.6 is 0 Å². The molecule has 0 radical (unpaired) electrons. The van der Waals surface area contributed by atoms with Crippen LogP contribution < -0.4 is 5.32 Å². The largest absolute Gasteiger partial charge is 0.405 e. The Morgan fingerprint density at radius 1 is 1.33 bits per heavy atom. The third-order valence-corrected chi connectivity index (χ3v) is 4.37. The van der Waals surface area contributed by atoms with Gasteiger partial charge < -0.3 is 5.32 Å². The fraction of sp³-hybridized carbons (Fsp3) is 0.421. The van der Waals surface area contributed by atoms with Crippen LogP contribution in [-0.4, -0.2) is 28.4 Å². The van der Waals surface area contributed by atoms with Crippen molar-refractivity contribution >= 4 is 5.91 Å². The molecule has 0 saturated heterocycles. The molecule has 5 nitrogen and oxygen atoms in total. The van der Waals surface area contributed by atoms with Gasteiger partial charge in [-0.1, -0.05) is 12.1 Å². The molecule has 1 N–H and O–H groups in total. The van der Waals surface area contributed by atoms with Crippen LogP contribution in [-0.2, 0) is 0 Å². The van der Waals surface area contributed by atoms with Crippen molar-refractivity contribution in [1.82, 2.24) is 15.1 Å². The van der Waals surface area contributed by atoms with Crippen LogP contribution in [0.25, 0.3) is 11.3 Å². The van der Waals surface area contributed by atoms with Crippen LogP contribution in [0.1, 0.15) is 60.3 Å². The molecular formula is C19H19F3N4O. The van der Waals surface area contributed by atoms with Gasteiger partial charge in [-0.3, -0.25) is 9.48 Å². The van der Waals surface area contributed by atoms with Crippen molar-refractivity contribution in [2.75, 3.05) is 6.54 Å². The van der Waals surface area contributed by atoms with Gasteiger partial charge in [0, 0.05) is 17.2 Å². The van der Waals surface area contributed by atoms with Crippen LogP contribution in [0.4, 0.5) is 13.2 Å². The van der Waals surface area contributed by atoms with E-state index in [2.05, 4.69) is 5.10 Å². The molecule has 1 aromatic heterocycles. The molecule has 1 aliphatic carbocycles. The number of halogens is 3. The predicted octanol–water partition coefficient (Wildman–Crippen LogP) is 4.17. The first-order valence-electron chi connectivity index (χ1n) is 8.69. The number of hydrogen-bond donors (Lipinski definition) is 1. The summed E-state index contributed by atoms with van der Waals surface area (Å²) >= 11 is 0. The Kier molecular flexibility index (Phi) is 4.96. The highest BCUT2D eigenvalue weighted by Gasteiger charge is 2.37. The molecule has 3 rings (SSSR count). The zero-order valence-corrected chi connectivity index (χ0v) is 15.0.